The van der Waals surface area contributed by atoms with Crippen LogP contribution in [-0.4, -0.2) is 34.5 Å². The number of hydrogen-bond acceptors (Lipinski definition) is 4. The van der Waals surface area contributed by atoms with Crippen molar-refractivity contribution in [2.75, 3.05) is 24.5 Å². The van der Waals surface area contributed by atoms with Crippen LogP contribution in [0.1, 0.15) is 27.0 Å². The number of carbonyl (C=O) groups excluding carboxylic acids is 1. The fraction of sp³-hybridized carbons (Fsp3) is 0.240. The fourth-order valence-electron chi connectivity index (χ4n) is 3.16. The molecule has 3 aromatic rings. The minimum absolute atomic E-state index is 0.198. The van der Waals surface area contributed by atoms with Crippen LogP contribution in [-0.2, 0) is 10.0 Å². The van der Waals surface area contributed by atoms with E-state index >= 15 is 0 Å². The summed E-state index contributed by atoms with van der Waals surface area (Å²) < 4.78 is 32.8. The molecule has 0 saturated carbocycles. The molecule has 0 spiro atoms. The minimum Gasteiger partial charge on any atom is -0.491 e. The summed E-state index contributed by atoms with van der Waals surface area (Å²) in [5.74, 6) is 0.502. The zero-order chi connectivity index (χ0) is 23.3. The third kappa shape index (κ3) is 5.29. The lowest BCUT2D eigenvalue weighted by molar-refractivity contribution is 0.0947. The summed E-state index contributed by atoms with van der Waals surface area (Å²) >= 11 is 0. The van der Waals surface area contributed by atoms with Gasteiger partial charge in [-0.15, -0.1) is 0 Å². The van der Waals surface area contributed by atoms with Crippen LogP contribution in [0.15, 0.2) is 71.6 Å². The Morgan fingerprint density at radius 2 is 1.66 bits per heavy atom. The highest BCUT2D eigenvalue weighted by atomic mass is 32.2. The molecule has 0 radical (unpaired) electrons. The van der Waals surface area contributed by atoms with Crippen LogP contribution in [0.25, 0.3) is 0 Å². The summed E-state index contributed by atoms with van der Waals surface area (Å²) in [6.45, 7) is 6.57. The summed E-state index contributed by atoms with van der Waals surface area (Å²) in [6, 6.07) is 19.1. The number of carbonyl (C=O) groups is 1. The van der Waals surface area contributed by atoms with Crippen LogP contribution >= 0.6 is 0 Å². The molecule has 1 amide bonds. The molecule has 0 aliphatic rings. The molecule has 3 rings (SSSR count). The second-order valence-corrected chi connectivity index (χ2v) is 9.61. The van der Waals surface area contributed by atoms with Crippen molar-refractivity contribution in [3.8, 4) is 5.75 Å². The van der Waals surface area contributed by atoms with Gasteiger partial charge in [0, 0.05) is 12.6 Å². The number of nitrogens with one attached hydrogen (secondary N) is 1. The molecule has 7 heteroatoms. The number of hydrogen-bond donors (Lipinski definition) is 1. The van der Waals surface area contributed by atoms with Gasteiger partial charge in [-0.05, 0) is 68.3 Å². The van der Waals surface area contributed by atoms with Crippen LogP contribution in [0.4, 0.5) is 5.69 Å². The monoisotopic (exact) mass is 452 g/mol. The minimum atomic E-state index is -3.73. The SMILES string of the molecule is Cc1ccc(S(=O)(=O)N(C)c2cccc(C(=O)NCCOc3cccc(C)c3C)c2)cc1. The first kappa shape index (κ1) is 23.3. The molecule has 0 unspecified atom stereocenters. The Balaban J connectivity index is 1.64. The van der Waals surface area contributed by atoms with Gasteiger partial charge < -0.3 is 10.1 Å². The molecule has 168 valence electrons. The summed E-state index contributed by atoms with van der Waals surface area (Å²) in [5, 5.41) is 2.81. The molecule has 0 heterocycles. The highest BCUT2D eigenvalue weighted by Crippen LogP contribution is 2.23. The van der Waals surface area contributed by atoms with Crippen LogP contribution in [0, 0.1) is 20.8 Å². The zero-order valence-corrected chi connectivity index (χ0v) is 19.6. The van der Waals surface area contributed by atoms with E-state index in [9.17, 15) is 13.2 Å². The van der Waals surface area contributed by atoms with Crippen LogP contribution < -0.4 is 14.4 Å². The van der Waals surface area contributed by atoms with E-state index in [1.54, 1.807) is 48.5 Å². The maximum absolute atomic E-state index is 12.9. The molecule has 0 fully saturated rings. The Morgan fingerprint density at radius 1 is 0.969 bits per heavy atom. The van der Waals surface area contributed by atoms with Gasteiger partial charge in [0.05, 0.1) is 17.1 Å². The average Bonchev–Trinajstić information content (AvgIpc) is 2.79. The summed E-state index contributed by atoms with van der Waals surface area (Å²) in [4.78, 5) is 12.8. The van der Waals surface area contributed by atoms with Gasteiger partial charge in [-0.25, -0.2) is 8.42 Å². The first-order valence-corrected chi connectivity index (χ1v) is 11.8. The summed E-state index contributed by atoms with van der Waals surface area (Å²) in [5.41, 5.74) is 3.98. The van der Waals surface area contributed by atoms with Crippen molar-refractivity contribution < 1.29 is 17.9 Å². The lowest BCUT2D eigenvalue weighted by atomic mass is 10.1. The van der Waals surface area contributed by atoms with Crippen molar-refractivity contribution in [2.45, 2.75) is 25.7 Å². The van der Waals surface area contributed by atoms with Crippen molar-refractivity contribution in [1.29, 1.82) is 0 Å². The Labute approximate surface area is 189 Å². The van der Waals surface area contributed by atoms with Crippen LogP contribution in [0.2, 0.25) is 0 Å². The standard InChI is InChI=1S/C25H28N2O4S/c1-18-11-13-23(14-12-18)32(29,30)27(4)22-9-6-8-21(17-22)25(28)26-15-16-31-24-10-5-7-19(2)20(24)3/h5-14,17H,15-16H2,1-4H3,(H,26,28). The van der Waals surface area contributed by atoms with Crippen molar-refractivity contribution >= 4 is 21.6 Å². The van der Waals surface area contributed by atoms with E-state index in [0.29, 0.717) is 24.4 Å². The summed E-state index contributed by atoms with van der Waals surface area (Å²) in [6.07, 6.45) is 0. The van der Waals surface area contributed by atoms with Crippen molar-refractivity contribution in [2.24, 2.45) is 0 Å². The Morgan fingerprint density at radius 3 is 2.38 bits per heavy atom. The van der Waals surface area contributed by atoms with E-state index in [-0.39, 0.29) is 10.8 Å². The van der Waals surface area contributed by atoms with E-state index in [2.05, 4.69) is 5.32 Å². The van der Waals surface area contributed by atoms with Gasteiger partial charge >= 0.3 is 0 Å². The van der Waals surface area contributed by atoms with E-state index in [1.807, 2.05) is 39.0 Å². The lowest BCUT2D eigenvalue weighted by Gasteiger charge is -2.20. The predicted octanol–water partition coefficient (Wildman–Crippen LogP) is 4.25. The Hall–Kier alpha value is -3.32. The predicted molar refractivity (Wildman–Crippen MR) is 127 cm³/mol. The van der Waals surface area contributed by atoms with Crippen molar-refractivity contribution in [3.05, 3.63) is 89.0 Å². The number of ether oxygens (including phenoxy) is 1. The second-order valence-electron chi connectivity index (χ2n) is 7.64. The van der Waals surface area contributed by atoms with E-state index < -0.39 is 10.0 Å². The van der Waals surface area contributed by atoms with Gasteiger partial charge in [0.2, 0.25) is 0 Å². The van der Waals surface area contributed by atoms with Gasteiger partial charge in [0.1, 0.15) is 12.4 Å². The topological polar surface area (TPSA) is 75.7 Å². The molecule has 32 heavy (non-hydrogen) atoms. The maximum Gasteiger partial charge on any atom is 0.264 e. The Kier molecular flexibility index (Phi) is 7.20. The lowest BCUT2D eigenvalue weighted by Crippen LogP contribution is -2.29. The molecule has 0 aliphatic carbocycles. The summed E-state index contributed by atoms with van der Waals surface area (Å²) in [7, 11) is -2.25. The van der Waals surface area contributed by atoms with Crippen LogP contribution in [0.3, 0.4) is 0 Å². The number of amides is 1. The van der Waals surface area contributed by atoms with E-state index in [4.69, 9.17) is 4.74 Å². The largest absolute Gasteiger partial charge is 0.491 e. The number of nitrogens with zero attached hydrogens (tertiary/aromatic N) is 1. The number of anilines is 1. The molecular weight excluding hydrogens is 424 g/mol. The first-order chi connectivity index (χ1) is 15.2. The number of sulfonamides is 1. The van der Waals surface area contributed by atoms with Gasteiger partial charge in [-0.2, -0.15) is 0 Å². The average molecular weight is 453 g/mol. The number of rotatable bonds is 8. The van der Waals surface area contributed by atoms with Gasteiger partial charge in [-0.3, -0.25) is 9.10 Å². The van der Waals surface area contributed by atoms with Gasteiger partial charge in [0.15, 0.2) is 0 Å². The zero-order valence-electron chi connectivity index (χ0n) is 18.8. The van der Waals surface area contributed by atoms with Gasteiger partial charge in [0.25, 0.3) is 15.9 Å². The van der Waals surface area contributed by atoms with Crippen molar-refractivity contribution in [3.63, 3.8) is 0 Å². The number of aryl methyl sites for hydroxylation is 2. The fourth-order valence-corrected chi connectivity index (χ4v) is 4.35. The van der Waals surface area contributed by atoms with E-state index in [1.165, 1.54) is 11.4 Å². The number of benzene rings is 3. The highest BCUT2D eigenvalue weighted by molar-refractivity contribution is 7.92. The molecule has 1 N–H and O–H groups in total. The van der Waals surface area contributed by atoms with Crippen LogP contribution in [0.5, 0.6) is 5.75 Å². The smallest absolute Gasteiger partial charge is 0.264 e. The Bertz CT molecular complexity index is 1200. The van der Waals surface area contributed by atoms with E-state index in [0.717, 1.165) is 22.4 Å². The molecule has 0 bridgehead atoms. The first-order valence-electron chi connectivity index (χ1n) is 10.3. The third-order valence-electron chi connectivity index (χ3n) is 5.35. The second kappa shape index (κ2) is 9.87. The molecule has 3 aromatic carbocycles. The molecular formula is C25H28N2O4S. The van der Waals surface area contributed by atoms with Gasteiger partial charge in [-0.1, -0.05) is 35.9 Å². The molecule has 0 aromatic heterocycles. The molecule has 6 nitrogen and oxygen atoms in total. The molecule has 0 saturated heterocycles. The quantitative estimate of drug-likeness (QED) is 0.519. The normalized spacial score (nSPS) is 11.1. The third-order valence-corrected chi connectivity index (χ3v) is 7.15. The molecule has 0 aliphatic heterocycles. The van der Waals surface area contributed by atoms with Crippen molar-refractivity contribution in [1.82, 2.24) is 5.32 Å². The maximum atomic E-state index is 12.9. The highest BCUT2D eigenvalue weighted by Gasteiger charge is 2.21. The molecule has 0 atom stereocenters.